The van der Waals surface area contributed by atoms with Crippen LogP contribution in [0.1, 0.15) is 15.9 Å². The van der Waals surface area contributed by atoms with Crippen LogP contribution in [0.4, 0.5) is 5.69 Å². The van der Waals surface area contributed by atoms with E-state index in [1.165, 1.54) is 56.7 Å². The Bertz CT molecular complexity index is 1490. The molecule has 1 heterocycles. The summed E-state index contributed by atoms with van der Waals surface area (Å²) in [5, 5.41) is 0.572. The van der Waals surface area contributed by atoms with E-state index in [4.69, 9.17) is 13.9 Å². The topological polar surface area (TPSA) is 112 Å². The summed E-state index contributed by atoms with van der Waals surface area (Å²) in [4.78, 5) is 25.3. The third-order valence-corrected chi connectivity index (χ3v) is 6.35. The average molecular weight is 465 g/mol. The number of anilines is 1. The standard InChI is InChI=1S/C24H19NO7S/c1-30-18-9-11-20(12-10-18)33(28,29)25-17-6-3-15(4-7-17)23(26)21-13-16-5-8-19(31-2)14-22(16)32-24(21)27/h3-14,25H,1-2H3. The van der Waals surface area contributed by atoms with E-state index in [0.29, 0.717) is 22.5 Å². The Balaban J connectivity index is 1.57. The highest BCUT2D eigenvalue weighted by atomic mass is 32.2. The van der Waals surface area contributed by atoms with Crippen LogP contribution < -0.4 is 19.8 Å². The van der Waals surface area contributed by atoms with Crippen molar-refractivity contribution in [2.75, 3.05) is 18.9 Å². The summed E-state index contributed by atoms with van der Waals surface area (Å²) in [7, 11) is -0.839. The van der Waals surface area contributed by atoms with Crippen LogP contribution in [0.25, 0.3) is 11.0 Å². The molecule has 0 spiro atoms. The van der Waals surface area contributed by atoms with Crippen LogP contribution in [0.2, 0.25) is 0 Å². The lowest BCUT2D eigenvalue weighted by atomic mass is 10.0. The third kappa shape index (κ3) is 4.58. The number of ketones is 1. The van der Waals surface area contributed by atoms with Gasteiger partial charge in [0.1, 0.15) is 22.6 Å². The molecule has 4 aromatic rings. The summed E-state index contributed by atoms with van der Waals surface area (Å²) in [5.74, 6) is 0.526. The number of fused-ring (bicyclic) bond motifs is 1. The second-order valence-corrected chi connectivity index (χ2v) is 8.72. The highest BCUT2D eigenvalue weighted by Crippen LogP contribution is 2.22. The normalized spacial score (nSPS) is 11.2. The molecule has 0 aliphatic carbocycles. The quantitative estimate of drug-likeness (QED) is 0.326. The van der Waals surface area contributed by atoms with Crippen molar-refractivity contribution in [1.29, 1.82) is 0 Å². The number of carbonyl (C=O) groups excluding carboxylic acids is 1. The molecule has 0 atom stereocenters. The van der Waals surface area contributed by atoms with Gasteiger partial charge in [-0.05, 0) is 66.7 Å². The summed E-state index contributed by atoms with van der Waals surface area (Å²) in [5.41, 5.74) is -0.119. The van der Waals surface area contributed by atoms with Crippen molar-refractivity contribution in [3.63, 3.8) is 0 Å². The predicted octanol–water partition coefficient (Wildman–Crippen LogP) is 3.84. The van der Waals surface area contributed by atoms with Gasteiger partial charge in [0.15, 0.2) is 5.78 Å². The Kier molecular flexibility index (Phi) is 5.89. The maximum absolute atomic E-state index is 12.9. The number of benzene rings is 3. The van der Waals surface area contributed by atoms with E-state index in [0.717, 1.165) is 0 Å². The Morgan fingerprint density at radius 1 is 0.848 bits per heavy atom. The van der Waals surface area contributed by atoms with Gasteiger partial charge in [0.25, 0.3) is 10.0 Å². The van der Waals surface area contributed by atoms with Gasteiger partial charge in [0.2, 0.25) is 0 Å². The maximum atomic E-state index is 12.9. The predicted molar refractivity (Wildman–Crippen MR) is 123 cm³/mol. The van der Waals surface area contributed by atoms with Gasteiger partial charge in [0, 0.05) is 22.7 Å². The van der Waals surface area contributed by atoms with Crippen LogP contribution >= 0.6 is 0 Å². The van der Waals surface area contributed by atoms with Crippen LogP contribution in [0.3, 0.4) is 0 Å². The minimum Gasteiger partial charge on any atom is -0.497 e. The lowest BCUT2D eigenvalue weighted by molar-refractivity contribution is 0.103. The SMILES string of the molecule is COc1ccc(S(=O)(=O)Nc2ccc(C(=O)c3cc4ccc(OC)cc4oc3=O)cc2)cc1. The second kappa shape index (κ2) is 8.79. The molecule has 1 N–H and O–H groups in total. The van der Waals surface area contributed by atoms with Crippen LogP contribution in [0, 0.1) is 0 Å². The molecule has 9 heteroatoms. The molecule has 0 radical (unpaired) electrons. The average Bonchev–Trinajstić information content (AvgIpc) is 2.83. The largest absolute Gasteiger partial charge is 0.497 e. The molecule has 0 saturated carbocycles. The van der Waals surface area contributed by atoms with E-state index in [1.807, 2.05) is 0 Å². The number of ether oxygens (including phenoxy) is 2. The Labute approximate surface area is 189 Å². The van der Waals surface area contributed by atoms with Crippen LogP contribution in [0.15, 0.2) is 86.9 Å². The van der Waals surface area contributed by atoms with Crippen molar-refractivity contribution < 1.29 is 27.1 Å². The third-order valence-electron chi connectivity index (χ3n) is 4.96. The molecule has 0 aliphatic heterocycles. The first-order valence-corrected chi connectivity index (χ1v) is 11.2. The van der Waals surface area contributed by atoms with E-state index in [1.54, 1.807) is 30.3 Å². The van der Waals surface area contributed by atoms with Gasteiger partial charge in [-0.2, -0.15) is 0 Å². The van der Waals surface area contributed by atoms with Crippen LogP contribution in [0.5, 0.6) is 11.5 Å². The smallest absolute Gasteiger partial charge is 0.347 e. The zero-order chi connectivity index (χ0) is 23.6. The van der Waals surface area contributed by atoms with Gasteiger partial charge in [-0.15, -0.1) is 0 Å². The molecule has 168 valence electrons. The van der Waals surface area contributed by atoms with Crippen molar-refractivity contribution in [3.05, 3.63) is 94.3 Å². The lowest BCUT2D eigenvalue weighted by Gasteiger charge is -2.09. The van der Waals surface area contributed by atoms with Gasteiger partial charge in [-0.25, -0.2) is 13.2 Å². The van der Waals surface area contributed by atoms with E-state index < -0.39 is 21.4 Å². The van der Waals surface area contributed by atoms with E-state index in [9.17, 15) is 18.0 Å². The first kappa shape index (κ1) is 22.1. The molecule has 0 fully saturated rings. The molecule has 0 bridgehead atoms. The van der Waals surface area contributed by atoms with Gasteiger partial charge in [-0.3, -0.25) is 9.52 Å². The van der Waals surface area contributed by atoms with Crippen molar-refractivity contribution in [2.45, 2.75) is 4.90 Å². The van der Waals surface area contributed by atoms with Crippen LogP contribution in [-0.4, -0.2) is 28.4 Å². The minimum absolute atomic E-state index is 0.0638. The zero-order valence-electron chi connectivity index (χ0n) is 17.7. The molecule has 3 aromatic carbocycles. The number of hydrogen-bond donors (Lipinski definition) is 1. The van der Waals surface area contributed by atoms with Crippen molar-refractivity contribution in [3.8, 4) is 11.5 Å². The molecule has 0 saturated heterocycles. The number of hydrogen-bond acceptors (Lipinski definition) is 7. The molecule has 0 aliphatic rings. The maximum Gasteiger partial charge on any atom is 0.347 e. The Hall–Kier alpha value is -4.11. The summed E-state index contributed by atoms with van der Waals surface area (Å²) in [6, 6.07) is 18.1. The van der Waals surface area contributed by atoms with Gasteiger partial charge in [0.05, 0.1) is 19.1 Å². The van der Waals surface area contributed by atoms with Crippen molar-refractivity contribution >= 4 is 32.5 Å². The van der Waals surface area contributed by atoms with Crippen molar-refractivity contribution in [2.24, 2.45) is 0 Å². The summed E-state index contributed by atoms with van der Waals surface area (Å²) >= 11 is 0. The van der Waals surface area contributed by atoms with E-state index >= 15 is 0 Å². The van der Waals surface area contributed by atoms with E-state index in [-0.39, 0.29) is 21.7 Å². The summed E-state index contributed by atoms with van der Waals surface area (Å²) < 4.78 is 43.0. The lowest BCUT2D eigenvalue weighted by Crippen LogP contribution is -2.15. The Morgan fingerprint density at radius 2 is 1.48 bits per heavy atom. The monoisotopic (exact) mass is 465 g/mol. The molecule has 0 amide bonds. The number of methoxy groups -OCH3 is 2. The summed E-state index contributed by atoms with van der Waals surface area (Å²) in [6.45, 7) is 0. The molecular formula is C24H19NO7S. The van der Waals surface area contributed by atoms with Gasteiger partial charge in [-0.1, -0.05) is 0 Å². The fraction of sp³-hybridized carbons (Fsp3) is 0.0833. The minimum atomic E-state index is -3.83. The molecule has 33 heavy (non-hydrogen) atoms. The van der Waals surface area contributed by atoms with E-state index in [2.05, 4.69) is 4.72 Å². The summed E-state index contributed by atoms with van der Waals surface area (Å²) in [6.07, 6.45) is 0. The highest BCUT2D eigenvalue weighted by molar-refractivity contribution is 7.92. The number of nitrogens with one attached hydrogen (secondary N) is 1. The second-order valence-electron chi connectivity index (χ2n) is 7.04. The molecule has 1 aromatic heterocycles. The molecule has 0 unspecified atom stereocenters. The van der Waals surface area contributed by atoms with Crippen LogP contribution in [-0.2, 0) is 10.0 Å². The van der Waals surface area contributed by atoms with Gasteiger partial charge >= 0.3 is 5.63 Å². The number of carbonyl (C=O) groups is 1. The molecular weight excluding hydrogens is 446 g/mol. The van der Waals surface area contributed by atoms with Gasteiger partial charge < -0.3 is 13.9 Å². The number of rotatable bonds is 7. The fourth-order valence-electron chi connectivity index (χ4n) is 3.19. The molecule has 8 nitrogen and oxygen atoms in total. The first-order valence-electron chi connectivity index (χ1n) is 9.74. The Morgan fingerprint density at radius 3 is 2.12 bits per heavy atom. The highest BCUT2D eigenvalue weighted by Gasteiger charge is 2.18. The number of sulfonamides is 1. The van der Waals surface area contributed by atoms with Crippen molar-refractivity contribution in [1.82, 2.24) is 0 Å². The zero-order valence-corrected chi connectivity index (χ0v) is 18.5. The molecule has 4 rings (SSSR count). The first-order chi connectivity index (χ1) is 15.8. The fourth-order valence-corrected chi connectivity index (χ4v) is 4.25.